The molecule has 1 aromatic rings. The summed E-state index contributed by atoms with van der Waals surface area (Å²) in [5, 5.41) is 21.5. The lowest BCUT2D eigenvalue weighted by Gasteiger charge is -2.15. The number of allylic oxidation sites excluding steroid dienone is 1. The predicted octanol–water partition coefficient (Wildman–Crippen LogP) is 7.58. The fourth-order valence-corrected chi connectivity index (χ4v) is 4.27. The summed E-state index contributed by atoms with van der Waals surface area (Å²) in [6.45, 7) is 7.01. The van der Waals surface area contributed by atoms with Crippen molar-refractivity contribution in [2.24, 2.45) is 0 Å². The number of aromatic carboxylic acids is 1. The molecule has 0 atom stereocenters. The summed E-state index contributed by atoms with van der Waals surface area (Å²) in [5.41, 5.74) is -0.155. The first-order chi connectivity index (χ1) is 16.3. The van der Waals surface area contributed by atoms with Crippen molar-refractivity contribution in [3.63, 3.8) is 0 Å². The molecule has 7 heteroatoms. The predicted molar refractivity (Wildman–Crippen MR) is 135 cm³/mol. The van der Waals surface area contributed by atoms with Crippen LogP contribution in [0.1, 0.15) is 119 Å². The highest BCUT2D eigenvalue weighted by molar-refractivity contribution is 5.95. The van der Waals surface area contributed by atoms with Gasteiger partial charge in [-0.05, 0) is 19.3 Å². The molecule has 0 fully saturated rings. The zero-order chi connectivity index (χ0) is 25.3. The van der Waals surface area contributed by atoms with Crippen LogP contribution in [0.4, 0.5) is 5.69 Å². The van der Waals surface area contributed by atoms with Crippen LogP contribution in [0.25, 0.3) is 0 Å². The Kier molecular flexibility index (Phi) is 14.5. The summed E-state index contributed by atoms with van der Waals surface area (Å²) in [5.74, 6) is -2.13. The minimum Gasteiger partial charge on any atom is -0.478 e. The molecule has 1 aromatic carbocycles. The van der Waals surface area contributed by atoms with E-state index in [9.17, 15) is 24.8 Å². The average Bonchev–Trinajstić information content (AvgIpc) is 2.77. The van der Waals surface area contributed by atoms with E-state index in [2.05, 4.69) is 13.5 Å². The summed E-state index contributed by atoms with van der Waals surface area (Å²) in [7, 11) is 0. The van der Waals surface area contributed by atoms with E-state index in [0.29, 0.717) is 6.42 Å². The third kappa shape index (κ3) is 10.5. The van der Waals surface area contributed by atoms with E-state index in [0.717, 1.165) is 19.3 Å². The lowest BCUT2D eigenvalue weighted by molar-refractivity contribution is -0.385. The molecule has 0 amide bonds. The summed E-state index contributed by atoms with van der Waals surface area (Å²) >= 11 is 0. The van der Waals surface area contributed by atoms with Crippen LogP contribution in [0, 0.1) is 10.1 Å². The van der Waals surface area contributed by atoms with Gasteiger partial charge in [-0.15, -0.1) is 6.58 Å². The number of nitro benzene ring substituents is 1. The van der Waals surface area contributed by atoms with Gasteiger partial charge < -0.3 is 9.84 Å². The molecule has 0 heterocycles. The molecule has 190 valence electrons. The fourth-order valence-electron chi connectivity index (χ4n) is 4.27. The van der Waals surface area contributed by atoms with E-state index in [1.165, 1.54) is 76.9 Å². The molecule has 0 aliphatic heterocycles. The molecule has 34 heavy (non-hydrogen) atoms. The van der Waals surface area contributed by atoms with Gasteiger partial charge in [-0.25, -0.2) is 4.79 Å². The van der Waals surface area contributed by atoms with Gasteiger partial charge in [-0.3, -0.25) is 14.9 Å². The number of carbonyl (C=O) groups excluding carboxylic acids is 1. The first kappa shape index (κ1) is 29.3. The van der Waals surface area contributed by atoms with Crippen LogP contribution in [0.2, 0.25) is 0 Å². The molecule has 0 saturated heterocycles. The van der Waals surface area contributed by atoms with Crippen molar-refractivity contribution in [1.82, 2.24) is 0 Å². The Bertz CT molecular complexity index is 818. The number of esters is 1. The minimum atomic E-state index is -1.34. The molecule has 0 unspecified atom stereocenters. The Morgan fingerprint density at radius 3 is 1.91 bits per heavy atom. The molecule has 0 radical (unpaired) electrons. The first-order valence-electron chi connectivity index (χ1n) is 12.7. The standard InChI is InChI=1S/C27H41NO6/c1-4-6-7-8-9-10-11-12-13-14-15-16-17-19-23-24(28(32)33)20-22(18-5-2)26(34-21(3)29)25(23)27(30)31/h5,20H,2,4,6-19H2,1,3H3,(H,30,31). The molecule has 0 aliphatic rings. The maximum atomic E-state index is 12.0. The Balaban J connectivity index is 2.67. The Labute approximate surface area is 203 Å². The number of carboxylic acid groups (broad SMARTS) is 1. The van der Waals surface area contributed by atoms with Crippen molar-refractivity contribution in [2.45, 2.75) is 110 Å². The first-order valence-corrected chi connectivity index (χ1v) is 12.7. The zero-order valence-corrected chi connectivity index (χ0v) is 20.9. The van der Waals surface area contributed by atoms with Crippen molar-refractivity contribution >= 4 is 17.6 Å². The molecule has 7 nitrogen and oxygen atoms in total. The van der Waals surface area contributed by atoms with Crippen molar-refractivity contribution < 1.29 is 24.4 Å². The smallest absolute Gasteiger partial charge is 0.340 e. The van der Waals surface area contributed by atoms with E-state index in [1.807, 2.05) is 0 Å². The van der Waals surface area contributed by atoms with Crippen molar-refractivity contribution in [3.05, 3.63) is 45.5 Å². The van der Waals surface area contributed by atoms with Gasteiger partial charge in [0.2, 0.25) is 0 Å². The number of carboxylic acids is 1. The number of carbonyl (C=O) groups is 2. The van der Waals surface area contributed by atoms with Gasteiger partial charge in [-0.1, -0.05) is 90.0 Å². The molecule has 0 spiro atoms. The molecule has 0 aliphatic carbocycles. The van der Waals surface area contributed by atoms with Gasteiger partial charge in [0.1, 0.15) is 11.3 Å². The van der Waals surface area contributed by atoms with E-state index >= 15 is 0 Å². The number of benzene rings is 1. The maximum absolute atomic E-state index is 12.0. The Morgan fingerprint density at radius 2 is 1.50 bits per heavy atom. The van der Waals surface area contributed by atoms with Crippen LogP contribution < -0.4 is 4.74 Å². The second-order valence-electron chi connectivity index (χ2n) is 8.88. The topological polar surface area (TPSA) is 107 Å². The van der Waals surface area contributed by atoms with Gasteiger partial charge in [0.15, 0.2) is 0 Å². The molecule has 0 bridgehead atoms. The lowest BCUT2D eigenvalue weighted by atomic mass is 9.94. The van der Waals surface area contributed by atoms with Crippen LogP contribution in [-0.2, 0) is 17.6 Å². The maximum Gasteiger partial charge on any atom is 0.340 e. The van der Waals surface area contributed by atoms with Crippen LogP contribution in [0.15, 0.2) is 18.7 Å². The minimum absolute atomic E-state index is 0.115. The number of nitrogens with zero attached hydrogens (tertiary/aromatic N) is 1. The van der Waals surface area contributed by atoms with E-state index in [4.69, 9.17) is 4.74 Å². The van der Waals surface area contributed by atoms with Crippen molar-refractivity contribution in [1.29, 1.82) is 0 Å². The number of hydrogen-bond acceptors (Lipinski definition) is 5. The molecule has 1 N–H and O–H groups in total. The largest absolute Gasteiger partial charge is 0.478 e. The Morgan fingerprint density at radius 1 is 1.00 bits per heavy atom. The van der Waals surface area contributed by atoms with Gasteiger partial charge >= 0.3 is 11.9 Å². The van der Waals surface area contributed by atoms with E-state index in [-0.39, 0.29) is 41.0 Å². The molecule has 0 saturated carbocycles. The molecular weight excluding hydrogens is 434 g/mol. The molecule has 0 aromatic heterocycles. The third-order valence-electron chi connectivity index (χ3n) is 5.99. The Hall–Kier alpha value is -2.70. The summed E-state index contributed by atoms with van der Waals surface area (Å²) in [6.07, 6.45) is 17.1. The highest BCUT2D eigenvalue weighted by Crippen LogP contribution is 2.36. The molecule has 1 rings (SSSR count). The lowest BCUT2D eigenvalue weighted by Crippen LogP contribution is -2.14. The van der Waals surface area contributed by atoms with Gasteiger partial charge in [0, 0.05) is 24.1 Å². The second kappa shape index (κ2) is 16.8. The number of unbranched alkanes of at least 4 members (excludes halogenated alkanes) is 12. The summed E-state index contributed by atoms with van der Waals surface area (Å²) < 4.78 is 5.19. The fraction of sp³-hybridized carbons (Fsp3) is 0.630. The van der Waals surface area contributed by atoms with Crippen molar-refractivity contribution in [2.75, 3.05) is 0 Å². The highest BCUT2D eigenvalue weighted by atomic mass is 16.6. The van der Waals surface area contributed by atoms with Crippen LogP contribution in [0.5, 0.6) is 5.75 Å². The van der Waals surface area contributed by atoms with Crippen molar-refractivity contribution in [3.8, 4) is 5.75 Å². The number of nitro groups is 1. The second-order valence-corrected chi connectivity index (χ2v) is 8.88. The van der Waals surface area contributed by atoms with E-state index in [1.54, 1.807) is 0 Å². The monoisotopic (exact) mass is 475 g/mol. The SMILES string of the molecule is C=CCc1cc([N+](=O)[O-])c(CCCCCCCCCCCCCCC)c(C(=O)O)c1OC(C)=O. The van der Waals surface area contributed by atoms with Gasteiger partial charge in [-0.2, -0.15) is 0 Å². The number of ether oxygens (including phenoxy) is 1. The number of rotatable bonds is 19. The third-order valence-corrected chi connectivity index (χ3v) is 5.99. The summed E-state index contributed by atoms with van der Waals surface area (Å²) in [4.78, 5) is 34.8. The zero-order valence-electron chi connectivity index (χ0n) is 20.9. The average molecular weight is 476 g/mol. The van der Waals surface area contributed by atoms with Crippen LogP contribution in [-0.4, -0.2) is 22.0 Å². The van der Waals surface area contributed by atoms with Crippen LogP contribution in [0.3, 0.4) is 0 Å². The quantitative estimate of drug-likeness (QED) is 0.0552. The summed E-state index contributed by atoms with van der Waals surface area (Å²) in [6, 6.07) is 1.31. The van der Waals surface area contributed by atoms with Gasteiger partial charge in [0.05, 0.1) is 4.92 Å². The highest BCUT2D eigenvalue weighted by Gasteiger charge is 2.29. The molecular formula is C27H41NO6. The number of hydrogen-bond donors (Lipinski definition) is 1. The van der Waals surface area contributed by atoms with Crippen LogP contribution >= 0.6 is 0 Å². The van der Waals surface area contributed by atoms with E-state index < -0.39 is 16.9 Å². The van der Waals surface area contributed by atoms with Gasteiger partial charge in [0.25, 0.3) is 5.69 Å². The normalized spacial score (nSPS) is 10.8.